The molecule has 16 bridgehead atoms. The van der Waals surface area contributed by atoms with E-state index in [1.165, 1.54) is 120 Å². The van der Waals surface area contributed by atoms with Crippen LogP contribution >= 0.6 is 0 Å². The van der Waals surface area contributed by atoms with Gasteiger partial charge in [-0.3, -0.25) is 0 Å². The minimum atomic E-state index is 0.463. The summed E-state index contributed by atoms with van der Waals surface area (Å²) in [4.78, 5) is 0. The highest BCUT2D eigenvalue weighted by molar-refractivity contribution is 5.61. The fourth-order valence-electron chi connectivity index (χ4n) is 27.3. The van der Waals surface area contributed by atoms with Crippen molar-refractivity contribution in [3.63, 3.8) is 0 Å². The molecule has 21 aliphatic rings. The molecule has 0 saturated heterocycles. The average molecular weight is 1120 g/mol. The molecule has 32 unspecified atom stereocenters. The van der Waals surface area contributed by atoms with Gasteiger partial charge in [0, 0.05) is 23.0 Å². The number of hydrogen-bond acceptors (Lipinski definition) is 2. The molecule has 21 aliphatic carbocycles. The first-order chi connectivity index (χ1) is 41.5. The molecule has 10 fully saturated rings. The van der Waals surface area contributed by atoms with E-state index in [0.717, 1.165) is 177 Å². The molecule has 0 aliphatic heterocycles. The summed E-state index contributed by atoms with van der Waals surface area (Å²) in [7, 11) is 3.50. The smallest absolute Gasteiger partial charge is 0.123 e. The highest BCUT2D eigenvalue weighted by atomic mass is 16.5. The molecule has 2 heteroatoms. The van der Waals surface area contributed by atoms with Crippen LogP contribution in [0.1, 0.15) is 177 Å². The Morgan fingerprint density at radius 3 is 0.798 bits per heavy atom. The maximum Gasteiger partial charge on any atom is 0.123 e. The van der Waals surface area contributed by atoms with E-state index >= 15 is 0 Å². The van der Waals surface area contributed by atoms with Crippen LogP contribution in [0.3, 0.4) is 0 Å². The lowest BCUT2D eigenvalue weighted by Gasteiger charge is -2.49. The standard InChI is InChI=1S/C27H36.C22H26.C17H28.C16H16O2/c1-2-17-13-16(1)22-7-8-24-18-3-4-20(14-18)26(24)11-12-27-21-6-5-19(15-21)25(27)10-9-23(17)22;1-3-13-7-11(1)17-10-18-12-2-4-14(8-12)20(18)22-16-6-5-15(9-16)21(22)19(13)17;1-2-4-6-8-10-17-15-12-11-14(13-15)16(17)9-7-5-3-1;1-17-13-7-8-14(18-2)16-12-6-5-11(15(13)16)9-3-4-10(9)12/h1-6,16-27H,7-15H2;1-6,11-22H,7-10H2;11-12,14-17H,1-10,13H2;3-12H,1-2H3. The van der Waals surface area contributed by atoms with Gasteiger partial charge in [0.15, 0.2) is 0 Å². The normalized spacial score (nSPS) is 52.7. The average Bonchev–Trinajstić information content (AvgIpc) is 1.44. The van der Waals surface area contributed by atoms with Gasteiger partial charge in [0.2, 0.25) is 0 Å². The SMILES string of the molecule is C1=CC2CC1C1CC3C4C=CC(C4)C3C3C4C=CC(C4)C3C21.C1=CC2CC1C1CCC3C4C=CC(C4)C3CCC3C4C=CC(C4)C3CCC21.C1=CC2CC1C1CCCCCCCCCCC21.COc1ccc(OC)c2c1C1C=CC2C2C=CC12. The zero-order chi connectivity index (χ0) is 55.3. The summed E-state index contributed by atoms with van der Waals surface area (Å²) in [6.45, 7) is 0. The lowest BCUT2D eigenvalue weighted by atomic mass is 9.55. The molecule has 2 nitrogen and oxygen atoms in total. The van der Waals surface area contributed by atoms with Gasteiger partial charge in [0.1, 0.15) is 11.5 Å². The second-order valence-electron chi connectivity index (χ2n) is 33.2. The van der Waals surface area contributed by atoms with Gasteiger partial charge in [0.25, 0.3) is 0 Å². The Hall–Kier alpha value is -3.52. The minimum absolute atomic E-state index is 0.463. The van der Waals surface area contributed by atoms with Gasteiger partial charge in [-0.2, -0.15) is 0 Å². The summed E-state index contributed by atoms with van der Waals surface area (Å²) in [5.41, 5.74) is 2.69. The largest absolute Gasteiger partial charge is 0.496 e. The van der Waals surface area contributed by atoms with Crippen molar-refractivity contribution >= 4 is 0 Å². The fraction of sp³-hybridized carbons (Fsp3) is 0.707. The molecule has 0 aromatic heterocycles. The topological polar surface area (TPSA) is 18.5 Å². The van der Waals surface area contributed by atoms with E-state index in [2.05, 4.69) is 109 Å². The summed E-state index contributed by atoms with van der Waals surface area (Å²) in [6.07, 6.45) is 82.6. The van der Waals surface area contributed by atoms with E-state index < -0.39 is 0 Å². The van der Waals surface area contributed by atoms with Crippen molar-refractivity contribution in [1.29, 1.82) is 0 Å². The van der Waals surface area contributed by atoms with Crippen LogP contribution in [0.5, 0.6) is 11.5 Å². The van der Waals surface area contributed by atoms with E-state index in [1.54, 1.807) is 59.2 Å². The van der Waals surface area contributed by atoms with E-state index in [-0.39, 0.29) is 0 Å². The van der Waals surface area contributed by atoms with Crippen LogP contribution in [0.2, 0.25) is 0 Å². The molecule has 0 heterocycles. The first kappa shape index (κ1) is 53.5. The first-order valence-electron chi connectivity index (χ1n) is 36.9. The van der Waals surface area contributed by atoms with Crippen LogP contribution in [0.4, 0.5) is 0 Å². The molecule has 446 valence electrons. The van der Waals surface area contributed by atoms with Gasteiger partial charge in [-0.05, 0) is 292 Å². The Morgan fingerprint density at radius 1 is 0.238 bits per heavy atom. The van der Waals surface area contributed by atoms with Gasteiger partial charge in [0.05, 0.1) is 14.2 Å². The Morgan fingerprint density at radius 2 is 0.488 bits per heavy atom. The van der Waals surface area contributed by atoms with Crippen LogP contribution in [-0.4, -0.2) is 14.2 Å². The van der Waals surface area contributed by atoms with Crippen molar-refractivity contribution in [2.24, 2.45) is 178 Å². The van der Waals surface area contributed by atoms with Crippen molar-refractivity contribution in [3.05, 3.63) is 133 Å². The Kier molecular flexibility index (Phi) is 13.8. The van der Waals surface area contributed by atoms with E-state index in [0.29, 0.717) is 23.7 Å². The summed E-state index contributed by atoms with van der Waals surface area (Å²) in [6, 6.07) is 4.06. The zero-order valence-electron chi connectivity index (χ0n) is 51.8. The van der Waals surface area contributed by atoms with Crippen LogP contribution in [0.25, 0.3) is 0 Å². The molecular formula is C82H106O2. The second kappa shape index (κ2) is 21.6. The number of ether oxygens (including phenoxy) is 2. The molecule has 0 N–H and O–H groups in total. The molecule has 84 heavy (non-hydrogen) atoms. The molecule has 22 rings (SSSR count). The van der Waals surface area contributed by atoms with Crippen LogP contribution in [0, 0.1) is 178 Å². The van der Waals surface area contributed by atoms with Gasteiger partial charge in [-0.1, -0.05) is 161 Å². The fourth-order valence-corrected chi connectivity index (χ4v) is 27.3. The van der Waals surface area contributed by atoms with Gasteiger partial charge >= 0.3 is 0 Å². The van der Waals surface area contributed by atoms with Crippen molar-refractivity contribution in [3.8, 4) is 11.5 Å². The molecule has 32 atom stereocenters. The van der Waals surface area contributed by atoms with Gasteiger partial charge in [-0.25, -0.2) is 0 Å². The number of benzene rings is 1. The summed E-state index contributed by atoms with van der Waals surface area (Å²) in [5.74, 6) is 32.4. The van der Waals surface area contributed by atoms with Gasteiger partial charge in [-0.15, -0.1) is 0 Å². The lowest BCUT2D eigenvalue weighted by Crippen LogP contribution is -2.38. The predicted molar refractivity (Wildman–Crippen MR) is 343 cm³/mol. The Labute approximate surface area is 508 Å². The number of allylic oxidation sites excluding steroid dienone is 18. The number of fused-ring (bicyclic) bond motifs is 37. The Balaban J connectivity index is 0.0000000868. The third kappa shape index (κ3) is 8.57. The predicted octanol–water partition coefficient (Wildman–Crippen LogP) is 20.0. The van der Waals surface area contributed by atoms with E-state index in [4.69, 9.17) is 9.47 Å². The van der Waals surface area contributed by atoms with E-state index in [9.17, 15) is 0 Å². The summed E-state index contributed by atoms with van der Waals surface area (Å²) in [5, 5.41) is 0. The van der Waals surface area contributed by atoms with Crippen LogP contribution < -0.4 is 9.47 Å². The molecule has 1 aromatic carbocycles. The quantitative estimate of drug-likeness (QED) is 0.275. The van der Waals surface area contributed by atoms with Gasteiger partial charge < -0.3 is 9.47 Å². The lowest BCUT2D eigenvalue weighted by molar-refractivity contribution is 0.110. The minimum Gasteiger partial charge on any atom is -0.496 e. The molecule has 0 spiro atoms. The maximum absolute atomic E-state index is 5.56. The second-order valence-corrected chi connectivity index (χ2v) is 33.2. The number of rotatable bonds is 2. The third-order valence-corrected chi connectivity index (χ3v) is 30.6. The molecule has 1 aromatic rings. The van der Waals surface area contributed by atoms with Crippen LogP contribution in [0.15, 0.2) is 122 Å². The summed E-state index contributed by atoms with van der Waals surface area (Å²) < 4.78 is 11.1. The zero-order valence-corrected chi connectivity index (χ0v) is 51.8. The van der Waals surface area contributed by atoms with Crippen molar-refractivity contribution < 1.29 is 9.47 Å². The molecule has 10 saturated carbocycles. The molecular weight excluding hydrogens is 1020 g/mol. The third-order valence-electron chi connectivity index (χ3n) is 30.6. The highest BCUT2D eigenvalue weighted by Gasteiger charge is 2.64. The Bertz CT molecular complexity index is 2640. The maximum atomic E-state index is 5.56. The van der Waals surface area contributed by atoms with Crippen molar-refractivity contribution in [1.82, 2.24) is 0 Å². The van der Waals surface area contributed by atoms with Crippen molar-refractivity contribution in [2.75, 3.05) is 14.2 Å². The summed E-state index contributed by atoms with van der Waals surface area (Å²) >= 11 is 0. The van der Waals surface area contributed by atoms with Crippen LogP contribution in [-0.2, 0) is 0 Å². The molecule has 0 radical (unpaired) electrons. The monoisotopic (exact) mass is 1120 g/mol. The van der Waals surface area contributed by atoms with Crippen molar-refractivity contribution in [2.45, 2.75) is 166 Å². The molecule has 0 amide bonds. The number of methoxy groups -OCH3 is 2. The highest BCUT2D eigenvalue weighted by Crippen LogP contribution is 2.71. The number of hydrogen-bond donors (Lipinski definition) is 0. The van der Waals surface area contributed by atoms with E-state index in [1.807, 2.05) is 12.1 Å². The first-order valence-corrected chi connectivity index (χ1v) is 36.9.